The van der Waals surface area contributed by atoms with Crippen molar-refractivity contribution in [3.63, 3.8) is 0 Å². The zero-order valence-corrected chi connectivity index (χ0v) is 14.1. The minimum absolute atomic E-state index is 0.340. The lowest BCUT2D eigenvalue weighted by Crippen LogP contribution is -2.17. The number of halogens is 6. The Hall–Kier alpha value is -2.66. The second kappa shape index (κ2) is 6.92. The van der Waals surface area contributed by atoms with Crippen LogP contribution in [0.15, 0.2) is 29.6 Å². The van der Waals surface area contributed by atoms with Gasteiger partial charge in [0.15, 0.2) is 0 Å². The molecule has 1 unspecified atom stereocenters. The highest BCUT2D eigenvalue weighted by molar-refractivity contribution is 7.33. The van der Waals surface area contributed by atoms with Crippen LogP contribution in [0.5, 0.6) is 11.6 Å². The lowest BCUT2D eigenvalue weighted by atomic mass is 10.2. The van der Waals surface area contributed by atoms with Crippen LogP contribution in [0.2, 0.25) is 5.02 Å². The highest BCUT2D eigenvalue weighted by Gasteiger charge is 2.28. The molecule has 0 spiro atoms. The molecule has 0 radical (unpaired) electrons. The van der Waals surface area contributed by atoms with E-state index in [2.05, 4.69) is 9.59 Å². The van der Waals surface area contributed by atoms with Crippen molar-refractivity contribution in [1.82, 2.24) is 14.5 Å². The third kappa shape index (κ3) is 3.35. The summed E-state index contributed by atoms with van der Waals surface area (Å²) in [5, 5.41) is 4.14. The van der Waals surface area contributed by atoms with Crippen LogP contribution >= 0.6 is 22.3 Å². The molecule has 0 aliphatic heterocycles. The summed E-state index contributed by atoms with van der Waals surface area (Å²) in [4.78, 5) is 1.49. The molecule has 1 heterocycles. The number of hydrogen-bond acceptors (Lipinski definition) is 2. The smallest absolute Gasteiger partial charge is 0.271 e. The van der Waals surface area contributed by atoms with Gasteiger partial charge in [-0.05, 0) is 12.1 Å². The Morgan fingerprint density at radius 2 is 1.46 bits per heavy atom. The van der Waals surface area contributed by atoms with Gasteiger partial charge in [0.2, 0.25) is 45.1 Å². The molecule has 1 aromatic heterocycles. The van der Waals surface area contributed by atoms with E-state index < -0.39 is 45.5 Å². The molecule has 0 fully saturated rings. The van der Waals surface area contributed by atoms with Crippen molar-refractivity contribution in [1.29, 1.82) is 0 Å². The minimum atomic E-state index is -2.28. The second-order valence-corrected chi connectivity index (χ2v) is 6.85. The third-order valence-electron chi connectivity index (χ3n) is 3.10. The summed E-state index contributed by atoms with van der Waals surface area (Å²) in [6, 6.07) is 6.52. The van der Waals surface area contributed by atoms with Crippen LogP contribution in [0.4, 0.5) is 22.0 Å². The number of aromatic nitrogens is 3. The number of rotatable bonds is 3. The number of benzene rings is 2. The number of nitrogens with zero attached hydrogens (tertiary/aromatic N) is 1. The standard InChI is InChI=1S/C14H9ClF5N4OS/c15-6-1-3-7(4-2-6)26-5-8(22-24(21)23-26)25-14-12(19)10(17)9(16)11(18)13(14)20/h1-5,22-23H,21H2/q+1. The van der Waals surface area contributed by atoms with Crippen molar-refractivity contribution in [2.24, 2.45) is 0 Å². The predicted molar refractivity (Wildman–Crippen MR) is 86.0 cm³/mol. The van der Waals surface area contributed by atoms with Crippen molar-refractivity contribution >= 4 is 22.3 Å². The molecule has 0 aliphatic carbocycles. The molecule has 0 saturated heterocycles. The lowest BCUT2D eigenvalue weighted by Gasteiger charge is -2.10. The summed E-state index contributed by atoms with van der Waals surface area (Å²) in [5.41, 5.74) is 0. The zero-order chi connectivity index (χ0) is 19.0. The second-order valence-electron chi connectivity index (χ2n) is 4.85. The average Bonchev–Trinajstić information content (AvgIpc) is 2.62. The number of nitrogen functional groups attached to an aromatic ring is 1. The van der Waals surface area contributed by atoms with Crippen molar-refractivity contribution in [3.8, 4) is 16.5 Å². The lowest BCUT2D eigenvalue weighted by molar-refractivity contribution is 0.324. The van der Waals surface area contributed by atoms with Crippen molar-refractivity contribution in [2.45, 2.75) is 0 Å². The molecule has 5 nitrogen and oxygen atoms in total. The van der Waals surface area contributed by atoms with Gasteiger partial charge in [-0.2, -0.15) is 8.78 Å². The van der Waals surface area contributed by atoms with E-state index in [1.54, 1.807) is 24.3 Å². The van der Waals surface area contributed by atoms with Gasteiger partial charge in [-0.3, -0.25) is 0 Å². The maximum atomic E-state index is 13.7. The first-order chi connectivity index (χ1) is 12.3. The molecular formula is C14H9ClF5N4OS+. The van der Waals surface area contributed by atoms with Gasteiger partial charge in [-0.1, -0.05) is 21.0 Å². The number of aromatic amines is 2. The van der Waals surface area contributed by atoms with Gasteiger partial charge in [0.05, 0.1) is 0 Å². The van der Waals surface area contributed by atoms with Gasteiger partial charge in [0.1, 0.15) is 10.7 Å². The van der Waals surface area contributed by atoms with Gasteiger partial charge in [-0.25, -0.2) is 18.3 Å². The fourth-order valence-electron chi connectivity index (χ4n) is 1.94. The molecule has 0 saturated carbocycles. The van der Waals surface area contributed by atoms with Gasteiger partial charge in [0.25, 0.3) is 5.88 Å². The Kier molecular flexibility index (Phi) is 4.83. The van der Waals surface area contributed by atoms with Crippen LogP contribution in [0.1, 0.15) is 0 Å². The first-order valence-electron chi connectivity index (χ1n) is 6.75. The van der Waals surface area contributed by atoms with Crippen molar-refractivity contribution in [2.75, 3.05) is 5.84 Å². The molecule has 138 valence electrons. The Morgan fingerprint density at radius 1 is 0.923 bits per heavy atom. The summed E-state index contributed by atoms with van der Waals surface area (Å²) in [6.07, 6.45) is 0. The highest BCUT2D eigenvalue weighted by Crippen LogP contribution is 2.35. The van der Waals surface area contributed by atoms with Crippen LogP contribution in [-0.2, 0) is 0 Å². The van der Waals surface area contributed by atoms with Gasteiger partial charge < -0.3 is 10.6 Å². The largest absolute Gasteiger partial charge is 0.429 e. The maximum absolute atomic E-state index is 13.7. The quantitative estimate of drug-likeness (QED) is 0.189. The molecule has 0 bridgehead atoms. The molecule has 4 N–H and O–H groups in total. The van der Waals surface area contributed by atoms with Crippen LogP contribution in [0.3, 0.4) is 0 Å². The number of H-pyrrole nitrogens is 2. The maximum Gasteiger partial charge on any atom is 0.271 e. The van der Waals surface area contributed by atoms with Crippen molar-refractivity contribution in [3.05, 3.63) is 63.8 Å². The van der Waals surface area contributed by atoms with E-state index in [1.807, 2.05) is 0 Å². The van der Waals surface area contributed by atoms with Crippen LogP contribution in [0.25, 0.3) is 4.90 Å². The number of ether oxygens (including phenoxy) is 1. The number of nitrogens with two attached hydrogens (primary N) is 1. The first kappa shape index (κ1) is 18.1. The molecule has 3 rings (SSSR count). The molecular weight excluding hydrogens is 403 g/mol. The Bertz CT molecular complexity index is 977. The van der Waals surface area contributed by atoms with Crippen LogP contribution < -0.4 is 10.6 Å². The molecule has 1 atom stereocenters. The topological polar surface area (TPSA) is 71.8 Å². The third-order valence-corrected chi connectivity index (χ3v) is 4.98. The van der Waals surface area contributed by atoms with E-state index in [9.17, 15) is 22.0 Å². The van der Waals surface area contributed by atoms with Gasteiger partial charge in [-0.15, -0.1) is 0 Å². The minimum Gasteiger partial charge on any atom is -0.429 e. The Labute approximate surface area is 150 Å². The SMILES string of the molecule is Nn1[nH]c(Oc2c(F)c(F)c(F)c(F)c2F)c[s+](-c2ccc(Cl)cc2)[nH]1. The van der Waals surface area contributed by atoms with E-state index in [0.29, 0.717) is 9.92 Å². The average molecular weight is 412 g/mol. The molecule has 26 heavy (non-hydrogen) atoms. The fraction of sp³-hybridized carbons (Fsp3) is 0. The van der Waals surface area contributed by atoms with Gasteiger partial charge in [0, 0.05) is 17.2 Å². The summed E-state index contributed by atoms with van der Waals surface area (Å²) in [7, 11) is -0.942. The Balaban J connectivity index is 2.06. The van der Waals surface area contributed by atoms with E-state index in [1.165, 1.54) is 5.38 Å². The number of nitrogens with one attached hydrogen (secondary N) is 2. The summed E-state index contributed by atoms with van der Waals surface area (Å²) < 4.78 is 74.7. The molecule has 0 amide bonds. The first-order valence-corrected chi connectivity index (χ1v) is 8.42. The highest BCUT2D eigenvalue weighted by atomic mass is 35.5. The van der Waals surface area contributed by atoms with Crippen molar-refractivity contribution < 1.29 is 26.7 Å². The van der Waals surface area contributed by atoms with E-state index in [-0.39, 0.29) is 5.88 Å². The predicted octanol–water partition coefficient (Wildman–Crippen LogP) is 4.86. The van der Waals surface area contributed by atoms with Gasteiger partial charge >= 0.3 is 0 Å². The molecule has 3 aromatic rings. The van der Waals surface area contributed by atoms with E-state index in [0.717, 1.165) is 4.91 Å². The molecule has 2 aromatic carbocycles. The molecule has 0 aliphatic rings. The van der Waals surface area contributed by atoms with Crippen LogP contribution in [-0.4, -0.2) is 14.5 Å². The normalized spacial score (nSPS) is 11.5. The van der Waals surface area contributed by atoms with E-state index in [4.69, 9.17) is 22.2 Å². The monoisotopic (exact) mass is 411 g/mol. The summed E-state index contributed by atoms with van der Waals surface area (Å²) in [6.45, 7) is 0. The Morgan fingerprint density at radius 3 is 2.04 bits per heavy atom. The fourth-order valence-corrected chi connectivity index (χ4v) is 3.36. The zero-order valence-electron chi connectivity index (χ0n) is 12.5. The summed E-state index contributed by atoms with van der Waals surface area (Å²) >= 11 is 5.80. The molecule has 12 heteroatoms. The van der Waals surface area contributed by atoms with E-state index >= 15 is 0 Å². The van der Waals surface area contributed by atoms with Crippen LogP contribution in [0, 0.1) is 29.1 Å². The number of hydrogen-bond donors (Lipinski definition) is 3. The summed E-state index contributed by atoms with van der Waals surface area (Å²) in [5.74, 6) is -6.92.